The van der Waals surface area contributed by atoms with Crippen molar-refractivity contribution in [3.8, 4) is 5.69 Å². The molecular formula is C18H18N2O2S. The summed E-state index contributed by atoms with van der Waals surface area (Å²) in [5.41, 5.74) is 3.43. The van der Waals surface area contributed by atoms with E-state index in [9.17, 15) is 4.79 Å². The first-order valence-electron chi connectivity index (χ1n) is 7.51. The minimum atomic E-state index is -0.329. The highest BCUT2D eigenvalue weighted by Gasteiger charge is 2.11. The van der Waals surface area contributed by atoms with Crippen LogP contribution >= 0.6 is 11.3 Å². The Labute approximate surface area is 139 Å². The monoisotopic (exact) mass is 326 g/mol. The first-order valence-corrected chi connectivity index (χ1v) is 8.39. The van der Waals surface area contributed by atoms with E-state index in [4.69, 9.17) is 4.74 Å². The molecule has 2 heterocycles. The number of thiazole rings is 1. The van der Waals surface area contributed by atoms with Crippen molar-refractivity contribution in [1.29, 1.82) is 0 Å². The Morgan fingerprint density at radius 2 is 2.09 bits per heavy atom. The van der Waals surface area contributed by atoms with Gasteiger partial charge in [-0.2, -0.15) is 0 Å². The van der Waals surface area contributed by atoms with Gasteiger partial charge in [0.25, 0.3) is 0 Å². The van der Waals surface area contributed by atoms with Crippen molar-refractivity contribution in [3.05, 3.63) is 69.9 Å². The molecule has 0 saturated carbocycles. The Morgan fingerprint density at radius 1 is 1.30 bits per heavy atom. The standard InChI is InChI=1S/C18H18N2O2S/c1-3-17-19-15(12-23-17)11-22-18(21)14-7-6-13(2)16(10-14)20-8-4-5-9-20/h4-10,12H,3,11H2,1-2H3. The smallest absolute Gasteiger partial charge is 0.338 e. The molecule has 23 heavy (non-hydrogen) atoms. The van der Waals surface area contributed by atoms with Gasteiger partial charge in [0.2, 0.25) is 0 Å². The molecule has 118 valence electrons. The molecule has 3 rings (SSSR count). The summed E-state index contributed by atoms with van der Waals surface area (Å²) >= 11 is 1.59. The molecule has 0 aliphatic rings. The van der Waals surface area contributed by atoms with Crippen molar-refractivity contribution < 1.29 is 9.53 Å². The minimum Gasteiger partial charge on any atom is -0.456 e. The highest BCUT2D eigenvalue weighted by atomic mass is 32.1. The van der Waals surface area contributed by atoms with Gasteiger partial charge in [0.15, 0.2) is 0 Å². The zero-order valence-corrected chi connectivity index (χ0v) is 14.0. The van der Waals surface area contributed by atoms with Gasteiger partial charge in [-0.05, 0) is 43.2 Å². The van der Waals surface area contributed by atoms with Crippen LogP contribution in [0.15, 0.2) is 48.1 Å². The van der Waals surface area contributed by atoms with Gasteiger partial charge in [-0.3, -0.25) is 0 Å². The number of aryl methyl sites for hydroxylation is 2. The van der Waals surface area contributed by atoms with Gasteiger partial charge in [-0.15, -0.1) is 11.3 Å². The lowest BCUT2D eigenvalue weighted by molar-refractivity contribution is 0.0468. The van der Waals surface area contributed by atoms with E-state index in [2.05, 4.69) is 11.9 Å². The number of carbonyl (C=O) groups is 1. The van der Waals surface area contributed by atoms with E-state index in [1.165, 1.54) is 0 Å². The fourth-order valence-electron chi connectivity index (χ4n) is 2.31. The van der Waals surface area contributed by atoms with Crippen LogP contribution < -0.4 is 0 Å². The lowest BCUT2D eigenvalue weighted by Crippen LogP contribution is -2.07. The lowest BCUT2D eigenvalue weighted by atomic mass is 10.1. The van der Waals surface area contributed by atoms with E-state index in [0.29, 0.717) is 5.56 Å². The van der Waals surface area contributed by atoms with E-state index < -0.39 is 0 Å². The molecule has 0 unspecified atom stereocenters. The summed E-state index contributed by atoms with van der Waals surface area (Å²) in [4.78, 5) is 16.7. The van der Waals surface area contributed by atoms with E-state index in [1.54, 1.807) is 17.4 Å². The molecule has 1 aromatic carbocycles. The third-order valence-corrected chi connectivity index (χ3v) is 4.62. The maximum Gasteiger partial charge on any atom is 0.338 e. The maximum absolute atomic E-state index is 12.3. The summed E-state index contributed by atoms with van der Waals surface area (Å²) in [6.45, 7) is 4.29. The van der Waals surface area contributed by atoms with Gasteiger partial charge in [-0.25, -0.2) is 9.78 Å². The summed E-state index contributed by atoms with van der Waals surface area (Å²) in [6, 6.07) is 9.50. The molecular weight excluding hydrogens is 308 g/mol. The Kier molecular flexibility index (Phi) is 4.57. The summed E-state index contributed by atoms with van der Waals surface area (Å²) in [5.74, 6) is -0.329. The number of aromatic nitrogens is 2. The predicted molar refractivity (Wildman–Crippen MR) is 91.1 cm³/mol. The van der Waals surface area contributed by atoms with Gasteiger partial charge >= 0.3 is 5.97 Å². The molecule has 2 aromatic heterocycles. The number of carbonyl (C=O) groups excluding carboxylic acids is 1. The second-order valence-corrected chi connectivity index (χ2v) is 6.20. The molecule has 0 amide bonds. The first kappa shape index (κ1) is 15.5. The fraction of sp³-hybridized carbons (Fsp3) is 0.222. The second kappa shape index (κ2) is 6.79. The highest BCUT2D eigenvalue weighted by molar-refractivity contribution is 7.09. The molecule has 3 aromatic rings. The van der Waals surface area contributed by atoms with Gasteiger partial charge in [0.1, 0.15) is 6.61 Å². The quantitative estimate of drug-likeness (QED) is 0.661. The molecule has 0 spiro atoms. The molecule has 0 bridgehead atoms. The number of nitrogens with zero attached hydrogens (tertiary/aromatic N) is 2. The Hall–Kier alpha value is -2.40. The van der Waals surface area contributed by atoms with Crippen LogP contribution in [0.1, 0.15) is 33.5 Å². The average Bonchev–Trinajstić information content (AvgIpc) is 3.24. The van der Waals surface area contributed by atoms with Crippen molar-refractivity contribution in [1.82, 2.24) is 9.55 Å². The van der Waals surface area contributed by atoms with Gasteiger partial charge in [0.05, 0.1) is 16.3 Å². The highest BCUT2D eigenvalue weighted by Crippen LogP contribution is 2.18. The van der Waals surface area contributed by atoms with Crippen molar-refractivity contribution in [2.45, 2.75) is 26.9 Å². The Bertz CT molecular complexity index is 806. The SMILES string of the molecule is CCc1nc(COC(=O)c2ccc(C)c(-n3cccc3)c2)cs1. The molecule has 4 nitrogen and oxygen atoms in total. The van der Waals surface area contributed by atoms with Crippen LogP contribution in [-0.2, 0) is 17.8 Å². The van der Waals surface area contributed by atoms with E-state index in [0.717, 1.165) is 28.4 Å². The van der Waals surface area contributed by atoms with Crippen LogP contribution in [0.4, 0.5) is 0 Å². The van der Waals surface area contributed by atoms with Crippen LogP contribution in [0.5, 0.6) is 0 Å². The van der Waals surface area contributed by atoms with Crippen LogP contribution in [0.25, 0.3) is 5.69 Å². The first-order chi connectivity index (χ1) is 11.2. The number of hydrogen-bond acceptors (Lipinski definition) is 4. The van der Waals surface area contributed by atoms with E-state index in [1.807, 2.05) is 53.5 Å². The lowest BCUT2D eigenvalue weighted by Gasteiger charge is -2.10. The fourth-order valence-corrected chi connectivity index (χ4v) is 3.04. The number of benzene rings is 1. The molecule has 0 radical (unpaired) electrons. The molecule has 0 saturated heterocycles. The van der Waals surface area contributed by atoms with Gasteiger partial charge in [0, 0.05) is 23.5 Å². The average molecular weight is 326 g/mol. The zero-order valence-electron chi connectivity index (χ0n) is 13.2. The van der Waals surface area contributed by atoms with Crippen molar-refractivity contribution in [2.75, 3.05) is 0 Å². The minimum absolute atomic E-state index is 0.210. The molecule has 0 aliphatic heterocycles. The molecule has 0 fully saturated rings. The van der Waals surface area contributed by atoms with Crippen LogP contribution in [0.3, 0.4) is 0 Å². The van der Waals surface area contributed by atoms with Gasteiger partial charge in [-0.1, -0.05) is 13.0 Å². The zero-order chi connectivity index (χ0) is 16.2. The summed E-state index contributed by atoms with van der Waals surface area (Å²) < 4.78 is 7.37. The van der Waals surface area contributed by atoms with Crippen LogP contribution in [0, 0.1) is 6.92 Å². The maximum atomic E-state index is 12.3. The summed E-state index contributed by atoms with van der Waals surface area (Å²) in [5, 5.41) is 2.99. The molecule has 0 atom stereocenters. The van der Waals surface area contributed by atoms with Crippen LogP contribution in [0.2, 0.25) is 0 Å². The van der Waals surface area contributed by atoms with Crippen molar-refractivity contribution in [3.63, 3.8) is 0 Å². The summed E-state index contributed by atoms with van der Waals surface area (Å²) in [6.07, 6.45) is 4.81. The number of rotatable bonds is 5. The normalized spacial score (nSPS) is 10.7. The third kappa shape index (κ3) is 3.51. The topological polar surface area (TPSA) is 44.1 Å². The largest absolute Gasteiger partial charge is 0.456 e. The molecule has 5 heteroatoms. The number of esters is 1. The predicted octanol–water partition coefficient (Wildman–Crippen LogP) is 4.16. The summed E-state index contributed by atoms with van der Waals surface area (Å²) in [7, 11) is 0. The van der Waals surface area contributed by atoms with Crippen molar-refractivity contribution >= 4 is 17.3 Å². The van der Waals surface area contributed by atoms with Crippen LogP contribution in [-0.4, -0.2) is 15.5 Å². The Morgan fingerprint density at radius 3 is 2.78 bits per heavy atom. The number of hydrogen-bond donors (Lipinski definition) is 0. The Balaban J connectivity index is 1.73. The molecule has 0 N–H and O–H groups in total. The van der Waals surface area contributed by atoms with Crippen molar-refractivity contribution in [2.24, 2.45) is 0 Å². The third-order valence-electron chi connectivity index (χ3n) is 3.58. The number of ether oxygens (including phenoxy) is 1. The van der Waals surface area contributed by atoms with E-state index in [-0.39, 0.29) is 12.6 Å². The molecule has 0 aliphatic carbocycles. The van der Waals surface area contributed by atoms with E-state index >= 15 is 0 Å². The van der Waals surface area contributed by atoms with Gasteiger partial charge < -0.3 is 9.30 Å². The second-order valence-electron chi connectivity index (χ2n) is 5.25.